The molecule has 0 radical (unpaired) electrons. The highest BCUT2D eigenvalue weighted by Gasteiger charge is 2.14. The number of hydrogen-bond acceptors (Lipinski definition) is 2. The van der Waals surface area contributed by atoms with Gasteiger partial charge in [0, 0.05) is 29.6 Å². The van der Waals surface area contributed by atoms with Crippen molar-refractivity contribution in [3.8, 4) is 11.3 Å². The molecule has 2 aromatic heterocycles. The van der Waals surface area contributed by atoms with Gasteiger partial charge in [-0.3, -0.25) is 4.79 Å². The van der Waals surface area contributed by atoms with Crippen LogP contribution in [-0.2, 0) is 4.79 Å². The molecular formula is C20H23N3O. The number of aryl methyl sites for hydroxylation is 1. The number of carbonyl (C=O) groups excluding carboxylic acids is 1. The molecule has 0 spiro atoms. The molecule has 0 atom stereocenters. The largest absolute Gasteiger partial charge is 0.326 e. The molecule has 1 amide bonds. The Morgan fingerprint density at radius 1 is 1.17 bits per heavy atom. The summed E-state index contributed by atoms with van der Waals surface area (Å²) in [4.78, 5) is 16.9. The van der Waals surface area contributed by atoms with E-state index in [1.807, 2.05) is 54.8 Å². The van der Waals surface area contributed by atoms with Gasteiger partial charge >= 0.3 is 0 Å². The molecule has 3 rings (SSSR count). The number of nitrogens with one attached hydrogen (secondary N) is 1. The van der Waals surface area contributed by atoms with Crippen LogP contribution in [0, 0.1) is 12.8 Å². The second kappa shape index (κ2) is 6.87. The first kappa shape index (κ1) is 16.2. The molecule has 0 saturated carbocycles. The second-order valence-electron chi connectivity index (χ2n) is 6.18. The average molecular weight is 321 g/mol. The lowest BCUT2D eigenvalue weighted by atomic mass is 10.0. The van der Waals surface area contributed by atoms with E-state index in [0.29, 0.717) is 0 Å². The molecule has 0 saturated heterocycles. The van der Waals surface area contributed by atoms with E-state index in [1.54, 1.807) is 0 Å². The van der Waals surface area contributed by atoms with Crippen molar-refractivity contribution in [3.05, 3.63) is 54.4 Å². The Hall–Kier alpha value is -2.62. The van der Waals surface area contributed by atoms with Crippen LogP contribution in [-0.4, -0.2) is 15.3 Å². The van der Waals surface area contributed by atoms with Crippen LogP contribution in [0.25, 0.3) is 16.9 Å². The molecule has 1 aromatic carbocycles. The van der Waals surface area contributed by atoms with Crippen molar-refractivity contribution in [1.82, 2.24) is 9.38 Å². The Kier molecular flexibility index (Phi) is 4.65. The van der Waals surface area contributed by atoms with E-state index in [1.165, 1.54) is 5.56 Å². The summed E-state index contributed by atoms with van der Waals surface area (Å²) in [7, 11) is 0. The van der Waals surface area contributed by atoms with Gasteiger partial charge < -0.3 is 9.72 Å². The fourth-order valence-corrected chi connectivity index (χ4v) is 2.90. The van der Waals surface area contributed by atoms with E-state index < -0.39 is 0 Å². The molecule has 0 bridgehead atoms. The number of anilines is 1. The molecule has 4 nitrogen and oxygen atoms in total. The monoisotopic (exact) mass is 321 g/mol. The van der Waals surface area contributed by atoms with E-state index in [-0.39, 0.29) is 11.8 Å². The summed E-state index contributed by atoms with van der Waals surface area (Å²) in [5.41, 5.74) is 4.83. The molecule has 0 aliphatic carbocycles. The van der Waals surface area contributed by atoms with Crippen molar-refractivity contribution in [2.45, 2.75) is 33.6 Å². The number of aromatic nitrogens is 2. The first-order chi connectivity index (χ1) is 11.6. The van der Waals surface area contributed by atoms with Gasteiger partial charge in [-0.1, -0.05) is 32.0 Å². The molecule has 2 heterocycles. The van der Waals surface area contributed by atoms with E-state index in [9.17, 15) is 4.79 Å². The lowest BCUT2D eigenvalue weighted by Gasteiger charge is -2.13. The summed E-state index contributed by atoms with van der Waals surface area (Å²) >= 11 is 0. The van der Waals surface area contributed by atoms with Crippen molar-refractivity contribution in [3.63, 3.8) is 0 Å². The minimum Gasteiger partial charge on any atom is -0.326 e. The number of imidazole rings is 1. The minimum absolute atomic E-state index is 0.0619. The number of fused-ring (bicyclic) bond motifs is 1. The van der Waals surface area contributed by atoms with Crippen LogP contribution < -0.4 is 5.32 Å². The molecule has 124 valence electrons. The fourth-order valence-electron chi connectivity index (χ4n) is 2.90. The van der Waals surface area contributed by atoms with Crippen molar-refractivity contribution < 1.29 is 4.79 Å². The van der Waals surface area contributed by atoms with Crippen LogP contribution in [0.4, 0.5) is 5.69 Å². The van der Waals surface area contributed by atoms with E-state index in [0.717, 1.165) is 35.4 Å². The van der Waals surface area contributed by atoms with Crippen LogP contribution in [0.3, 0.4) is 0 Å². The van der Waals surface area contributed by atoms with Crippen LogP contribution in [0.1, 0.15) is 32.3 Å². The van der Waals surface area contributed by atoms with Gasteiger partial charge in [-0.2, -0.15) is 0 Å². The van der Waals surface area contributed by atoms with E-state index in [2.05, 4.69) is 29.5 Å². The van der Waals surface area contributed by atoms with Gasteiger partial charge in [-0.05, 0) is 43.5 Å². The summed E-state index contributed by atoms with van der Waals surface area (Å²) in [5.74, 6) is 0.148. The molecule has 0 aliphatic heterocycles. The van der Waals surface area contributed by atoms with Gasteiger partial charge in [0.05, 0.1) is 5.69 Å². The summed E-state index contributed by atoms with van der Waals surface area (Å²) in [6, 6.07) is 11.9. The first-order valence-corrected chi connectivity index (χ1v) is 8.47. The van der Waals surface area contributed by atoms with Gasteiger partial charge in [0.15, 0.2) is 0 Å². The van der Waals surface area contributed by atoms with Crippen LogP contribution in [0.2, 0.25) is 0 Å². The molecule has 0 unspecified atom stereocenters. The third kappa shape index (κ3) is 3.32. The van der Waals surface area contributed by atoms with E-state index in [4.69, 9.17) is 0 Å². The van der Waals surface area contributed by atoms with Gasteiger partial charge in [0.1, 0.15) is 5.65 Å². The molecule has 24 heavy (non-hydrogen) atoms. The Bertz CT molecular complexity index is 862. The number of amides is 1. The summed E-state index contributed by atoms with van der Waals surface area (Å²) in [6.45, 7) is 6.15. The summed E-state index contributed by atoms with van der Waals surface area (Å²) < 4.78 is 2.03. The van der Waals surface area contributed by atoms with Gasteiger partial charge in [0.25, 0.3) is 0 Å². The third-order valence-corrected chi connectivity index (χ3v) is 4.38. The highest BCUT2D eigenvalue weighted by molar-refractivity contribution is 5.93. The van der Waals surface area contributed by atoms with Crippen LogP contribution >= 0.6 is 0 Å². The highest BCUT2D eigenvalue weighted by atomic mass is 16.1. The molecule has 4 heteroatoms. The number of carbonyl (C=O) groups is 1. The molecule has 0 fully saturated rings. The lowest BCUT2D eigenvalue weighted by molar-refractivity contribution is -0.120. The Morgan fingerprint density at radius 2 is 1.96 bits per heavy atom. The predicted octanol–water partition coefficient (Wildman–Crippen LogP) is 4.68. The van der Waals surface area contributed by atoms with Gasteiger partial charge in [-0.15, -0.1) is 0 Å². The highest BCUT2D eigenvalue weighted by Crippen LogP contribution is 2.23. The molecular weight excluding hydrogens is 298 g/mol. The van der Waals surface area contributed by atoms with Gasteiger partial charge in [0.2, 0.25) is 5.91 Å². The Labute approximate surface area is 142 Å². The smallest absolute Gasteiger partial charge is 0.227 e. The number of hydrogen-bond donors (Lipinski definition) is 1. The minimum atomic E-state index is 0.0619. The number of benzene rings is 1. The van der Waals surface area contributed by atoms with Gasteiger partial charge in [-0.25, -0.2) is 4.98 Å². The second-order valence-corrected chi connectivity index (χ2v) is 6.18. The fraction of sp³-hybridized carbons (Fsp3) is 0.300. The van der Waals surface area contributed by atoms with Crippen molar-refractivity contribution in [2.24, 2.45) is 5.92 Å². The lowest BCUT2D eigenvalue weighted by Crippen LogP contribution is -2.21. The molecule has 0 aliphatic rings. The van der Waals surface area contributed by atoms with E-state index >= 15 is 0 Å². The SMILES string of the molecule is CCC(CC)C(=O)Nc1cccc(-c2cn3cc(C)ccc3n2)c1. The van der Waals surface area contributed by atoms with Crippen molar-refractivity contribution in [1.29, 1.82) is 0 Å². The zero-order valence-electron chi connectivity index (χ0n) is 14.4. The maximum absolute atomic E-state index is 12.3. The Balaban J connectivity index is 1.87. The predicted molar refractivity (Wildman–Crippen MR) is 98.1 cm³/mol. The summed E-state index contributed by atoms with van der Waals surface area (Å²) in [6.07, 6.45) is 5.79. The number of rotatable bonds is 5. The Morgan fingerprint density at radius 3 is 2.71 bits per heavy atom. The number of pyridine rings is 1. The zero-order valence-corrected chi connectivity index (χ0v) is 14.4. The first-order valence-electron chi connectivity index (χ1n) is 8.47. The standard InChI is InChI=1S/C20H23N3O/c1-4-15(5-2)20(24)21-17-8-6-7-16(11-17)18-13-23-12-14(3)9-10-19(23)22-18/h6-13,15H,4-5H2,1-3H3,(H,21,24). The normalized spacial score (nSPS) is 11.2. The zero-order chi connectivity index (χ0) is 17.1. The topological polar surface area (TPSA) is 46.4 Å². The third-order valence-electron chi connectivity index (χ3n) is 4.38. The maximum Gasteiger partial charge on any atom is 0.227 e. The summed E-state index contributed by atoms with van der Waals surface area (Å²) in [5, 5.41) is 3.02. The van der Waals surface area contributed by atoms with Crippen LogP contribution in [0.15, 0.2) is 48.8 Å². The average Bonchev–Trinajstić information content (AvgIpc) is 2.99. The molecule has 1 N–H and O–H groups in total. The molecule has 3 aromatic rings. The van der Waals surface area contributed by atoms with Crippen molar-refractivity contribution >= 4 is 17.2 Å². The van der Waals surface area contributed by atoms with Crippen molar-refractivity contribution in [2.75, 3.05) is 5.32 Å². The number of nitrogens with zero attached hydrogens (tertiary/aromatic N) is 2. The quantitative estimate of drug-likeness (QED) is 0.741. The maximum atomic E-state index is 12.3. The van der Waals surface area contributed by atoms with Crippen LogP contribution in [0.5, 0.6) is 0 Å².